The van der Waals surface area contributed by atoms with Crippen LogP contribution < -0.4 is 9.64 Å². The lowest BCUT2D eigenvalue weighted by molar-refractivity contribution is -0.132. The third-order valence-corrected chi connectivity index (χ3v) is 5.47. The molecule has 3 aromatic rings. The van der Waals surface area contributed by atoms with Crippen LogP contribution in [0.15, 0.2) is 72.4 Å². The summed E-state index contributed by atoms with van der Waals surface area (Å²) in [6, 6.07) is 17.0. The average Bonchev–Trinajstić information content (AvgIpc) is 3.06. The SMILES string of the molecule is CCOc1ccc(/C(O)=C2/C(=O)C(=O)N(c3ccc(C)cc3)C2c2ccccn2)cc1C. The van der Waals surface area contributed by atoms with E-state index in [1.54, 1.807) is 54.7 Å². The molecule has 1 aromatic heterocycles. The Hall–Kier alpha value is -3.93. The molecule has 0 radical (unpaired) electrons. The van der Waals surface area contributed by atoms with Crippen LogP contribution in [0.25, 0.3) is 5.76 Å². The zero-order valence-electron chi connectivity index (χ0n) is 18.2. The lowest BCUT2D eigenvalue weighted by Gasteiger charge is -2.24. The Balaban J connectivity index is 1.89. The maximum absolute atomic E-state index is 13.1. The summed E-state index contributed by atoms with van der Waals surface area (Å²) in [4.78, 5) is 32.1. The van der Waals surface area contributed by atoms with Gasteiger partial charge in [0, 0.05) is 17.4 Å². The summed E-state index contributed by atoms with van der Waals surface area (Å²) in [5.41, 5.74) is 3.36. The molecular weight excluding hydrogens is 404 g/mol. The number of aliphatic hydroxyl groups is 1. The van der Waals surface area contributed by atoms with Gasteiger partial charge in [0.25, 0.3) is 11.7 Å². The van der Waals surface area contributed by atoms with Crippen LogP contribution in [0.4, 0.5) is 5.69 Å². The van der Waals surface area contributed by atoms with Gasteiger partial charge in [-0.1, -0.05) is 23.8 Å². The van der Waals surface area contributed by atoms with Gasteiger partial charge in [0.15, 0.2) is 0 Å². The van der Waals surface area contributed by atoms with Crippen LogP contribution in [0.5, 0.6) is 5.75 Å². The van der Waals surface area contributed by atoms with Crippen molar-refractivity contribution in [2.24, 2.45) is 0 Å². The Kier molecular flexibility index (Phi) is 5.77. The largest absolute Gasteiger partial charge is 0.507 e. The quantitative estimate of drug-likeness (QED) is 0.361. The molecule has 1 aliphatic rings. The van der Waals surface area contributed by atoms with Gasteiger partial charge in [-0.3, -0.25) is 19.5 Å². The Morgan fingerprint density at radius 3 is 2.44 bits per heavy atom. The average molecular weight is 428 g/mol. The highest BCUT2D eigenvalue weighted by Crippen LogP contribution is 2.41. The van der Waals surface area contributed by atoms with Gasteiger partial charge in [-0.2, -0.15) is 0 Å². The lowest BCUT2D eigenvalue weighted by Crippen LogP contribution is -2.29. The first-order valence-corrected chi connectivity index (χ1v) is 10.4. The van der Waals surface area contributed by atoms with Gasteiger partial charge in [-0.05, 0) is 68.8 Å². The molecule has 2 aromatic carbocycles. The van der Waals surface area contributed by atoms with E-state index in [9.17, 15) is 14.7 Å². The summed E-state index contributed by atoms with van der Waals surface area (Å²) >= 11 is 0. The standard InChI is InChI=1S/C26H24N2O4/c1-4-32-21-13-10-18(15-17(21)3)24(29)22-23(20-7-5-6-14-27-20)28(26(31)25(22)30)19-11-8-16(2)9-12-19/h5-15,23,29H,4H2,1-3H3/b24-22-. The zero-order valence-corrected chi connectivity index (χ0v) is 18.2. The third-order valence-electron chi connectivity index (χ3n) is 5.47. The van der Waals surface area contributed by atoms with Crippen molar-refractivity contribution in [3.05, 3.63) is 94.8 Å². The minimum Gasteiger partial charge on any atom is -0.507 e. The first kappa shape index (κ1) is 21.3. The minimum atomic E-state index is -0.842. The molecule has 4 rings (SSSR count). The second-order valence-electron chi connectivity index (χ2n) is 7.67. The van der Waals surface area contributed by atoms with Gasteiger partial charge in [0.1, 0.15) is 17.6 Å². The van der Waals surface area contributed by atoms with Crippen LogP contribution in [0, 0.1) is 13.8 Å². The number of nitrogens with zero attached hydrogens (tertiary/aromatic N) is 2. The van der Waals surface area contributed by atoms with Crippen molar-refractivity contribution >= 4 is 23.1 Å². The molecule has 1 saturated heterocycles. The normalized spacial score (nSPS) is 17.6. The fourth-order valence-corrected chi connectivity index (χ4v) is 3.89. The van der Waals surface area contributed by atoms with Crippen LogP contribution >= 0.6 is 0 Å². The van der Waals surface area contributed by atoms with Crippen molar-refractivity contribution in [3.8, 4) is 5.75 Å². The highest BCUT2D eigenvalue weighted by atomic mass is 16.5. The predicted molar refractivity (Wildman–Crippen MR) is 123 cm³/mol. The fraction of sp³-hybridized carbons (Fsp3) is 0.192. The van der Waals surface area contributed by atoms with Crippen molar-refractivity contribution < 1.29 is 19.4 Å². The van der Waals surface area contributed by atoms with Gasteiger partial charge < -0.3 is 9.84 Å². The number of pyridine rings is 1. The number of aromatic nitrogens is 1. The summed E-state index contributed by atoms with van der Waals surface area (Å²) in [7, 11) is 0. The molecule has 1 N–H and O–H groups in total. The summed E-state index contributed by atoms with van der Waals surface area (Å²) < 4.78 is 5.57. The molecule has 1 unspecified atom stereocenters. The summed E-state index contributed by atoms with van der Waals surface area (Å²) in [5, 5.41) is 11.2. The Labute approximate surface area is 186 Å². The monoisotopic (exact) mass is 428 g/mol. The van der Waals surface area contributed by atoms with Crippen LogP contribution in [0.3, 0.4) is 0 Å². The van der Waals surface area contributed by atoms with Crippen molar-refractivity contribution in [1.82, 2.24) is 4.98 Å². The first-order valence-electron chi connectivity index (χ1n) is 10.4. The molecule has 1 fully saturated rings. The van der Waals surface area contributed by atoms with Crippen molar-refractivity contribution in [1.29, 1.82) is 0 Å². The second-order valence-corrected chi connectivity index (χ2v) is 7.67. The molecule has 6 nitrogen and oxygen atoms in total. The number of benzene rings is 2. The molecule has 0 saturated carbocycles. The molecule has 1 amide bonds. The predicted octanol–water partition coefficient (Wildman–Crippen LogP) is 4.72. The molecule has 6 heteroatoms. The number of aliphatic hydroxyl groups excluding tert-OH is 1. The molecule has 1 aliphatic heterocycles. The highest BCUT2D eigenvalue weighted by molar-refractivity contribution is 6.51. The van der Waals surface area contributed by atoms with Crippen molar-refractivity contribution in [2.45, 2.75) is 26.8 Å². The number of hydrogen-bond donors (Lipinski definition) is 1. The maximum Gasteiger partial charge on any atom is 0.300 e. The number of Topliss-reactive ketones (excluding diaryl/α,β-unsaturated/α-hetero) is 1. The van der Waals surface area contributed by atoms with E-state index < -0.39 is 17.7 Å². The van der Waals surface area contributed by atoms with E-state index in [-0.39, 0.29) is 11.3 Å². The number of rotatable bonds is 5. The number of carbonyl (C=O) groups excluding carboxylic acids is 2. The number of aryl methyl sites for hydroxylation is 2. The number of anilines is 1. The lowest BCUT2D eigenvalue weighted by atomic mass is 9.97. The topological polar surface area (TPSA) is 79.7 Å². The van der Waals surface area contributed by atoms with Gasteiger partial charge >= 0.3 is 0 Å². The zero-order chi connectivity index (χ0) is 22.8. The molecule has 0 aliphatic carbocycles. The Morgan fingerprint density at radius 1 is 1.06 bits per heavy atom. The van der Waals surface area contributed by atoms with Gasteiger partial charge in [-0.15, -0.1) is 0 Å². The molecular formula is C26H24N2O4. The third kappa shape index (κ3) is 3.75. The number of ether oxygens (including phenoxy) is 1. The van der Waals surface area contributed by atoms with Gasteiger partial charge in [-0.25, -0.2) is 0 Å². The summed E-state index contributed by atoms with van der Waals surface area (Å²) in [6.07, 6.45) is 1.60. The molecule has 0 spiro atoms. The van der Waals surface area contributed by atoms with E-state index in [0.29, 0.717) is 29.3 Å². The Bertz CT molecular complexity index is 1200. The van der Waals surface area contributed by atoms with E-state index in [1.807, 2.05) is 32.9 Å². The van der Waals surface area contributed by atoms with Crippen LogP contribution in [-0.2, 0) is 9.59 Å². The highest BCUT2D eigenvalue weighted by Gasteiger charge is 2.47. The first-order chi connectivity index (χ1) is 15.4. The number of carbonyl (C=O) groups is 2. The molecule has 2 heterocycles. The van der Waals surface area contributed by atoms with Crippen molar-refractivity contribution in [2.75, 3.05) is 11.5 Å². The van der Waals surface area contributed by atoms with E-state index >= 15 is 0 Å². The number of amides is 1. The van der Waals surface area contributed by atoms with E-state index in [4.69, 9.17) is 4.74 Å². The molecule has 32 heavy (non-hydrogen) atoms. The molecule has 162 valence electrons. The second kappa shape index (κ2) is 8.67. The fourth-order valence-electron chi connectivity index (χ4n) is 3.89. The van der Waals surface area contributed by atoms with Crippen LogP contribution in [0.1, 0.15) is 35.3 Å². The summed E-state index contributed by atoms with van der Waals surface area (Å²) in [5.74, 6) is -0.982. The van der Waals surface area contributed by atoms with Crippen LogP contribution in [0.2, 0.25) is 0 Å². The van der Waals surface area contributed by atoms with E-state index in [1.165, 1.54) is 4.90 Å². The van der Waals surface area contributed by atoms with Gasteiger partial charge in [0.05, 0.1) is 17.9 Å². The molecule has 0 bridgehead atoms. The number of ketones is 1. The molecule has 1 atom stereocenters. The Morgan fingerprint density at radius 2 is 1.81 bits per heavy atom. The number of hydrogen-bond acceptors (Lipinski definition) is 5. The maximum atomic E-state index is 13.1. The van der Waals surface area contributed by atoms with E-state index in [2.05, 4.69) is 4.98 Å². The smallest absolute Gasteiger partial charge is 0.300 e. The van der Waals surface area contributed by atoms with Crippen molar-refractivity contribution in [3.63, 3.8) is 0 Å². The summed E-state index contributed by atoms with van der Waals surface area (Å²) in [6.45, 7) is 6.23. The van der Waals surface area contributed by atoms with Gasteiger partial charge in [0.2, 0.25) is 0 Å². The minimum absolute atomic E-state index is 0.0119. The van der Waals surface area contributed by atoms with Crippen LogP contribution in [-0.4, -0.2) is 28.4 Å². The van der Waals surface area contributed by atoms with E-state index in [0.717, 1.165) is 11.1 Å².